The van der Waals surface area contributed by atoms with Crippen molar-refractivity contribution < 1.29 is 14.3 Å². The molecule has 0 unspecified atom stereocenters. The summed E-state index contributed by atoms with van der Waals surface area (Å²) in [5.41, 5.74) is 1.01. The largest absolute Gasteiger partial charge is 0.452 e. The van der Waals surface area contributed by atoms with Crippen LogP contribution in [0.2, 0.25) is 5.02 Å². The number of para-hydroxylation sites is 1. The molecule has 0 heterocycles. The molecule has 0 spiro atoms. The molecule has 0 bridgehead atoms. The first kappa shape index (κ1) is 15.5. The van der Waals surface area contributed by atoms with Crippen LogP contribution in [0.5, 0.6) is 0 Å². The van der Waals surface area contributed by atoms with Crippen molar-refractivity contribution in [2.45, 2.75) is 0 Å². The molecule has 2 aromatic carbocycles. The van der Waals surface area contributed by atoms with Crippen LogP contribution >= 0.6 is 11.6 Å². The molecule has 22 heavy (non-hydrogen) atoms. The Labute approximate surface area is 132 Å². The average Bonchev–Trinajstić information content (AvgIpc) is 2.54. The van der Waals surface area contributed by atoms with Gasteiger partial charge in [-0.2, -0.15) is 5.26 Å². The van der Waals surface area contributed by atoms with Gasteiger partial charge in [0.2, 0.25) is 0 Å². The van der Waals surface area contributed by atoms with E-state index in [1.807, 2.05) is 6.07 Å². The Morgan fingerprint density at radius 1 is 1.14 bits per heavy atom. The van der Waals surface area contributed by atoms with Gasteiger partial charge in [-0.3, -0.25) is 4.79 Å². The maximum Gasteiger partial charge on any atom is 0.338 e. The number of carbonyl (C=O) groups excluding carboxylic acids is 2. The molecule has 110 valence electrons. The second kappa shape index (κ2) is 7.25. The normalized spacial score (nSPS) is 9.64. The third-order valence-electron chi connectivity index (χ3n) is 2.74. The van der Waals surface area contributed by atoms with E-state index in [9.17, 15) is 9.59 Å². The number of carbonyl (C=O) groups is 2. The first-order chi connectivity index (χ1) is 10.6. The molecule has 5 nitrogen and oxygen atoms in total. The van der Waals surface area contributed by atoms with Crippen LogP contribution in [0.1, 0.15) is 15.9 Å². The summed E-state index contributed by atoms with van der Waals surface area (Å²) in [4.78, 5) is 23.5. The predicted molar refractivity (Wildman–Crippen MR) is 81.5 cm³/mol. The van der Waals surface area contributed by atoms with Crippen LogP contribution < -0.4 is 5.32 Å². The Hall–Kier alpha value is -2.84. The summed E-state index contributed by atoms with van der Waals surface area (Å²) in [5, 5.41) is 11.9. The molecular weight excluding hydrogens is 304 g/mol. The number of nitriles is 1. The van der Waals surface area contributed by atoms with Crippen molar-refractivity contribution in [3.05, 3.63) is 64.7 Å². The first-order valence-electron chi connectivity index (χ1n) is 6.32. The van der Waals surface area contributed by atoms with Crippen LogP contribution in [0.15, 0.2) is 48.5 Å². The molecule has 0 aliphatic carbocycles. The van der Waals surface area contributed by atoms with Gasteiger partial charge in [-0.15, -0.1) is 0 Å². The Kier molecular flexibility index (Phi) is 5.12. The van der Waals surface area contributed by atoms with Gasteiger partial charge in [0.15, 0.2) is 6.61 Å². The number of anilines is 1. The molecule has 6 heteroatoms. The molecule has 0 saturated carbocycles. The highest BCUT2D eigenvalue weighted by molar-refractivity contribution is 6.30. The summed E-state index contributed by atoms with van der Waals surface area (Å²) in [6, 6.07) is 14.6. The molecule has 0 fully saturated rings. The number of nitrogens with zero attached hydrogens (tertiary/aromatic N) is 1. The van der Waals surface area contributed by atoms with E-state index >= 15 is 0 Å². The van der Waals surface area contributed by atoms with Gasteiger partial charge in [-0.05, 0) is 36.4 Å². The van der Waals surface area contributed by atoms with E-state index in [1.165, 1.54) is 12.1 Å². The summed E-state index contributed by atoms with van der Waals surface area (Å²) in [6.07, 6.45) is 0. The number of benzene rings is 2. The molecule has 0 aliphatic rings. The van der Waals surface area contributed by atoms with E-state index in [2.05, 4.69) is 5.32 Å². The molecule has 0 atom stereocenters. The highest BCUT2D eigenvalue weighted by Gasteiger charge is 2.11. The minimum absolute atomic E-state index is 0.301. The fraction of sp³-hybridized carbons (Fsp3) is 0.0625. The van der Waals surface area contributed by atoms with E-state index in [0.717, 1.165) is 0 Å². The molecule has 0 aliphatic heterocycles. The molecule has 1 amide bonds. The van der Waals surface area contributed by atoms with Gasteiger partial charge in [0, 0.05) is 5.02 Å². The van der Waals surface area contributed by atoms with Gasteiger partial charge in [0.05, 0.1) is 16.8 Å². The van der Waals surface area contributed by atoms with Gasteiger partial charge in [-0.1, -0.05) is 23.7 Å². The van der Waals surface area contributed by atoms with Crippen LogP contribution in [0, 0.1) is 11.3 Å². The van der Waals surface area contributed by atoms with Crippen LogP contribution in [-0.4, -0.2) is 18.5 Å². The van der Waals surface area contributed by atoms with Crippen LogP contribution in [0.4, 0.5) is 5.69 Å². The minimum atomic E-state index is -0.625. The number of nitrogens with one attached hydrogen (secondary N) is 1. The van der Waals surface area contributed by atoms with E-state index in [4.69, 9.17) is 21.6 Å². The number of rotatable bonds is 4. The number of esters is 1. The lowest BCUT2D eigenvalue weighted by Crippen LogP contribution is -2.21. The summed E-state index contributed by atoms with van der Waals surface area (Å²) in [5.74, 6) is -1.15. The molecule has 0 saturated heterocycles. The van der Waals surface area contributed by atoms with E-state index in [-0.39, 0.29) is 0 Å². The van der Waals surface area contributed by atoms with Crippen LogP contribution in [0.25, 0.3) is 0 Å². The maximum absolute atomic E-state index is 11.8. The standard InChI is InChI=1S/C16H11ClN2O3/c17-13-7-5-11(6-8-13)16(21)22-10-15(20)19-14-4-2-1-3-12(14)9-18/h1-8H,10H2,(H,19,20). The number of hydrogen-bond acceptors (Lipinski definition) is 4. The van der Waals surface area contributed by atoms with Gasteiger partial charge >= 0.3 is 5.97 Å². The highest BCUT2D eigenvalue weighted by Crippen LogP contribution is 2.13. The van der Waals surface area contributed by atoms with E-state index < -0.39 is 18.5 Å². The zero-order valence-electron chi connectivity index (χ0n) is 11.4. The monoisotopic (exact) mass is 314 g/mol. The average molecular weight is 315 g/mol. The summed E-state index contributed by atoms with van der Waals surface area (Å²) < 4.78 is 4.90. The Balaban J connectivity index is 1.91. The number of halogens is 1. The topological polar surface area (TPSA) is 79.2 Å². The van der Waals surface area contributed by atoms with Crippen molar-refractivity contribution in [3.8, 4) is 6.07 Å². The Morgan fingerprint density at radius 3 is 2.50 bits per heavy atom. The molecule has 2 aromatic rings. The quantitative estimate of drug-likeness (QED) is 0.880. The number of ether oxygens (including phenoxy) is 1. The predicted octanol–water partition coefficient (Wildman–Crippen LogP) is 3.01. The van der Waals surface area contributed by atoms with Crippen LogP contribution in [0.3, 0.4) is 0 Å². The van der Waals surface area contributed by atoms with Crippen molar-refractivity contribution in [2.75, 3.05) is 11.9 Å². The highest BCUT2D eigenvalue weighted by atomic mass is 35.5. The first-order valence-corrected chi connectivity index (χ1v) is 6.69. The lowest BCUT2D eigenvalue weighted by molar-refractivity contribution is -0.119. The maximum atomic E-state index is 11.8. The molecular formula is C16H11ClN2O3. The smallest absolute Gasteiger partial charge is 0.338 e. The van der Waals surface area contributed by atoms with Gasteiger partial charge in [-0.25, -0.2) is 4.79 Å². The van der Waals surface area contributed by atoms with Crippen molar-refractivity contribution >= 4 is 29.2 Å². The lowest BCUT2D eigenvalue weighted by Gasteiger charge is -2.07. The molecule has 0 aromatic heterocycles. The van der Waals surface area contributed by atoms with Crippen molar-refractivity contribution in [2.24, 2.45) is 0 Å². The fourth-order valence-corrected chi connectivity index (χ4v) is 1.80. The third kappa shape index (κ3) is 4.08. The minimum Gasteiger partial charge on any atom is -0.452 e. The SMILES string of the molecule is N#Cc1ccccc1NC(=O)COC(=O)c1ccc(Cl)cc1. The fourth-order valence-electron chi connectivity index (χ4n) is 1.68. The van der Waals surface area contributed by atoms with Crippen molar-refractivity contribution in [1.29, 1.82) is 5.26 Å². The van der Waals surface area contributed by atoms with E-state index in [1.54, 1.807) is 36.4 Å². The zero-order valence-corrected chi connectivity index (χ0v) is 12.1. The van der Waals surface area contributed by atoms with Gasteiger partial charge < -0.3 is 10.1 Å². The summed E-state index contributed by atoms with van der Waals surface area (Å²) in [6.45, 7) is -0.443. The number of amides is 1. The zero-order chi connectivity index (χ0) is 15.9. The second-order valence-electron chi connectivity index (χ2n) is 4.29. The molecule has 2 rings (SSSR count). The lowest BCUT2D eigenvalue weighted by atomic mass is 10.2. The summed E-state index contributed by atoms with van der Waals surface area (Å²) in [7, 11) is 0. The Morgan fingerprint density at radius 2 is 1.82 bits per heavy atom. The molecule has 0 radical (unpaired) electrons. The van der Waals surface area contributed by atoms with Gasteiger partial charge in [0.25, 0.3) is 5.91 Å². The van der Waals surface area contributed by atoms with Crippen molar-refractivity contribution in [1.82, 2.24) is 0 Å². The summed E-state index contributed by atoms with van der Waals surface area (Å²) >= 11 is 5.72. The number of hydrogen-bond donors (Lipinski definition) is 1. The Bertz CT molecular complexity index is 736. The van der Waals surface area contributed by atoms with Crippen molar-refractivity contribution in [3.63, 3.8) is 0 Å². The van der Waals surface area contributed by atoms with Gasteiger partial charge in [0.1, 0.15) is 6.07 Å². The third-order valence-corrected chi connectivity index (χ3v) is 2.99. The molecule has 1 N–H and O–H groups in total. The second-order valence-corrected chi connectivity index (χ2v) is 4.73. The van der Waals surface area contributed by atoms with E-state index in [0.29, 0.717) is 21.8 Å². The van der Waals surface area contributed by atoms with Crippen LogP contribution in [-0.2, 0) is 9.53 Å².